The molecule has 0 aromatic heterocycles. The topological polar surface area (TPSA) is 97.7 Å². The Kier molecular flexibility index (Phi) is 8.27. The van der Waals surface area contributed by atoms with Gasteiger partial charge < -0.3 is 19.5 Å². The number of methoxy groups -OCH3 is 2. The summed E-state index contributed by atoms with van der Waals surface area (Å²) in [6.07, 6.45) is 1.39. The molecule has 1 N–H and O–H groups in total. The van der Waals surface area contributed by atoms with Crippen LogP contribution in [0.4, 0.5) is 0 Å². The Balaban J connectivity index is 2.24. The minimum Gasteiger partial charge on any atom is -0.493 e. The van der Waals surface area contributed by atoms with Gasteiger partial charge in [-0.1, -0.05) is 41.9 Å². The van der Waals surface area contributed by atoms with Crippen LogP contribution >= 0.6 is 11.6 Å². The third-order valence-electron chi connectivity index (χ3n) is 4.14. The van der Waals surface area contributed by atoms with Crippen LogP contribution < -0.4 is 14.8 Å². The van der Waals surface area contributed by atoms with E-state index < -0.39 is 11.9 Å². The van der Waals surface area contributed by atoms with Gasteiger partial charge in [0.05, 0.1) is 25.3 Å². The summed E-state index contributed by atoms with van der Waals surface area (Å²) in [7, 11) is 2.65. The first kappa shape index (κ1) is 22.8. The Morgan fingerprint density at radius 2 is 1.93 bits per heavy atom. The van der Waals surface area contributed by atoms with Crippen LogP contribution in [0.15, 0.2) is 48.0 Å². The average Bonchev–Trinajstić information content (AvgIpc) is 2.76. The van der Waals surface area contributed by atoms with E-state index in [1.54, 1.807) is 6.07 Å². The lowest BCUT2D eigenvalue weighted by Gasteiger charge is -2.14. The molecule has 156 valence electrons. The van der Waals surface area contributed by atoms with E-state index >= 15 is 0 Å². The Morgan fingerprint density at radius 3 is 2.53 bits per heavy atom. The minimum atomic E-state index is -0.576. The van der Waals surface area contributed by atoms with E-state index in [1.807, 2.05) is 43.3 Å². The summed E-state index contributed by atoms with van der Waals surface area (Å²) in [5.74, 6) is -0.696. The van der Waals surface area contributed by atoms with Crippen LogP contribution in [0.1, 0.15) is 24.1 Å². The fraction of sp³-hybridized carbons (Fsp3) is 0.227. The third kappa shape index (κ3) is 6.00. The lowest BCUT2D eigenvalue weighted by Crippen LogP contribution is -2.27. The molecule has 2 rings (SSSR count). The smallest absolute Gasteiger partial charge is 0.343 e. The molecule has 0 heterocycles. The van der Waals surface area contributed by atoms with Crippen molar-refractivity contribution in [3.8, 4) is 17.6 Å². The maximum absolute atomic E-state index is 12.5. The van der Waals surface area contributed by atoms with Crippen LogP contribution in [-0.4, -0.2) is 32.7 Å². The number of ether oxygens (including phenoxy) is 3. The number of rotatable bonds is 8. The van der Waals surface area contributed by atoms with Crippen molar-refractivity contribution in [3.63, 3.8) is 0 Å². The minimum absolute atomic E-state index is 0.0980. The summed E-state index contributed by atoms with van der Waals surface area (Å²) in [4.78, 5) is 23.8. The standard InChI is InChI=1S/C22H21ClN2O5/c1-14(16-7-5-4-6-8-16)25-22(27)17(12-24)9-15-10-18(23)21(19(11-15)28-2)30-13-20(26)29-3/h4-11,14H,13H2,1-3H3,(H,25,27)/b17-9-/t14-/m0/s1. The molecule has 0 radical (unpaired) electrons. The van der Waals surface area contributed by atoms with E-state index in [0.29, 0.717) is 5.56 Å². The number of carbonyl (C=O) groups excluding carboxylic acids is 2. The number of carbonyl (C=O) groups is 2. The number of nitrogens with one attached hydrogen (secondary N) is 1. The van der Waals surface area contributed by atoms with Crippen molar-refractivity contribution in [1.82, 2.24) is 5.32 Å². The summed E-state index contributed by atoms with van der Waals surface area (Å²) in [6, 6.07) is 14.1. The highest BCUT2D eigenvalue weighted by Gasteiger charge is 2.17. The Labute approximate surface area is 179 Å². The largest absolute Gasteiger partial charge is 0.493 e. The van der Waals surface area contributed by atoms with Gasteiger partial charge in [-0.2, -0.15) is 5.26 Å². The summed E-state index contributed by atoms with van der Waals surface area (Å²) < 4.78 is 15.1. The second kappa shape index (κ2) is 10.9. The van der Waals surface area contributed by atoms with Crippen molar-refractivity contribution < 1.29 is 23.8 Å². The van der Waals surface area contributed by atoms with Gasteiger partial charge in [0.25, 0.3) is 5.91 Å². The van der Waals surface area contributed by atoms with Crippen LogP contribution in [0.5, 0.6) is 11.5 Å². The first-order valence-corrected chi connectivity index (χ1v) is 9.32. The van der Waals surface area contributed by atoms with Crippen LogP contribution in [0.25, 0.3) is 6.08 Å². The number of amides is 1. The molecule has 2 aromatic carbocycles. The van der Waals surface area contributed by atoms with Crippen molar-refractivity contribution in [2.45, 2.75) is 13.0 Å². The van der Waals surface area contributed by atoms with Gasteiger partial charge in [0.1, 0.15) is 11.6 Å². The highest BCUT2D eigenvalue weighted by molar-refractivity contribution is 6.32. The van der Waals surface area contributed by atoms with E-state index in [9.17, 15) is 14.9 Å². The zero-order chi connectivity index (χ0) is 22.1. The molecule has 0 unspecified atom stereocenters. The number of nitrogens with zero attached hydrogens (tertiary/aromatic N) is 1. The van der Waals surface area contributed by atoms with Gasteiger partial charge in [-0.15, -0.1) is 0 Å². The molecule has 0 bridgehead atoms. The van der Waals surface area contributed by atoms with Gasteiger partial charge in [-0.05, 0) is 36.3 Å². The molecule has 0 aliphatic rings. The van der Waals surface area contributed by atoms with Crippen LogP contribution in [-0.2, 0) is 14.3 Å². The first-order valence-electron chi connectivity index (χ1n) is 8.94. The van der Waals surface area contributed by atoms with Crippen LogP contribution in [0.2, 0.25) is 5.02 Å². The van der Waals surface area contributed by atoms with Crippen molar-refractivity contribution in [1.29, 1.82) is 5.26 Å². The predicted octanol–water partition coefficient (Wildman–Crippen LogP) is 3.68. The molecule has 8 heteroatoms. The van der Waals surface area contributed by atoms with E-state index in [0.717, 1.165) is 5.56 Å². The number of benzene rings is 2. The number of hydrogen-bond acceptors (Lipinski definition) is 6. The molecule has 1 atom stereocenters. The van der Waals surface area contributed by atoms with E-state index in [4.69, 9.17) is 21.1 Å². The summed E-state index contributed by atoms with van der Waals surface area (Å²) in [5.41, 5.74) is 1.28. The Morgan fingerprint density at radius 1 is 1.23 bits per heavy atom. The second-order valence-corrected chi connectivity index (χ2v) is 6.58. The lowest BCUT2D eigenvalue weighted by molar-refractivity contribution is -0.142. The summed E-state index contributed by atoms with van der Waals surface area (Å²) in [6.45, 7) is 1.49. The van der Waals surface area contributed by atoms with Gasteiger partial charge in [-0.3, -0.25) is 4.79 Å². The van der Waals surface area contributed by atoms with Crippen molar-refractivity contribution in [2.75, 3.05) is 20.8 Å². The molecule has 30 heavy (non-hydrogen) atoms. The van der Waals surface area contributed by atoms with Crippen molar-refractivity contribution >= 4 is 29.6 Å². The summed E-state index contributed by atoms with van der Waals surface area (Å²) >= 11 is 6.24. The molecule has 0 spiro atoms. The van der Waals surface area contributed by atoms with Crippen LogP contribution in [0, 0.1) is 11.3 Å². The zero-order valence-corrected chi connectivity index (χ0v) is 17.5. The lowest BCUT2D eigenvalue weighted by atomic mass is 10.1. The number of nitriles is 1. The molecular formula is C22H21ClN2O5. The van der Waals surface area contributed by atoms with Crippen LogP contribution in [0.3, 0.4) is 0 Å². The summed E-state index contributed by atoms with van der Waals surface area (Å²) in [5, 5.41) is 12.4. The molecular weight excluding hydrogens is 408 g/mol. The van der Waals surface area contributed by atoms with E-state index in [-0.39, 0.29) is 34.7 Å². The molecule has 7 nitrogen and oxygen atoms in total. The highest BCUT2D eigenvalue weighted by Crippen LogP contribution is 2.37. The van der Waals surface area contributed by atoms with Gasteiger partial charge in [-0.25, -0.2) is 4.79 Å². The maximum Gasteiger partial charge on any atom is 0.343 e. The monoisotopic (exact) mass is 428 g/mol. The molecule has 0 aliphatic carbocycles. The zero-order valence-electron chi connectivity index (χ0n) is 16.8. The van der Waals surface area contributed by atoms with Gasteiger partial charge in [0.15, 0.2) is 18.1 Å². The first-order chi connectivity index (χ1) is 14.4. The van der Waals surface area contributed by atoms with Crippen molar-refractivity contribution in [3.05, 3.63) is 64.2 Å². The number of hydrogen-bond donors (Lipinski definition) is 1. The molecule has 0 saturated carbocycles. The fourth-order valence-corrected chi connectivity index (χ4v) is 2.84. The van der Waals surface area contributed by atoms with Crippen molar-refractivity contribution in [2.24, 2.45) is 0 Å². The Bertz CT molecular complexity index is 983. The quantitative estimate of drug-likeness (QED) is 0.391. The normalized spacial score (nSPS) is 11.8. The predicted molar refractivity (Wildman–Crippen MR) is 112 cm³/mol. The van der Waals surface area contributed by atoms with Gasteiger partial charge >= 0.3 is 5.97 Å². The third-order valence-corrected chi connectivity index (χ3v) is 4.42. The second-order valence-electron chi connectivity index (χ2n) is 6.17. The molecule has 0 saturated heterocycles. The van der Waals surface area contributed by atoms with E-state index in [2.05, 4.69) is 10.1 Å². The molecule has 2 aromatic rings. The number of esters is 1. The van der Waals surface area contributed by atoms with Gasteiger partial charge in [0, 0.05) is 0 Å². The Hall–Kier alpha value is -3.50. The molecule has 0 fully saturated rings. The maximum atomic E-state index is 12.5. The van der Waals surface area contributed by atoms with E-state index in [1.165, 1.54) is 26.4 Å². The SMILES string of the molecule is COC(=O)COc1c(Cl)cc(/C=C(/C#N)C(=O)N[C@@H](C)c2ccccc2)cc1OC. The molecule has 0 aliphatic heterocycles. The highest BCUT2D eigenvalue weighted by atomic mass is 35.5. The number of halogens is 1. The van der Waals surface area contributed by atoms with Gasteiger partial charge in [0.2, 0.25) is 0 Å². The fourth-order valence-electron chi connectivity index (χ4n) is 2.57. The average molecular weight is 429 g/mol. The molecule has 1 amide bonds.